The molecule has 6 nitrogen and oxygen atoms in total. The Morgan fingerprint density at radius 3 is 2.55 bits per heavy atom. The third-order valence-corrected chi connectivity index (χ3v) is 4.55. The maximum atomic E-state index is 11.7. The van der Waals surface area contributed by atoms with Crippen LogP contribution < -0.4 is 14.8 Å². The van der Waals surface area contributed by atoms with Crippen LogP contribution in [0.1, 0.15) is 24.0 Å². The number of carbonyl (C=O) groups is 2. The molecule has 6 heteroatoms. The number of rotatable bonds is 9. The smallest absolute Gasteiger partial charge is 0.303 e. The molecule has 0 saturated heterocycles. The van der Waals surface area contributed by atoms with E-state index in [-0.39, 0.29) is 25.3 Å². The summed E-state index contributed by atoms with van der Waals surface area (Å²) in [6.45, 7) is 0.666. The van der Waals surface area contributed by atoms with Crippen LogP contribution in [-0.4, -0.2) is 24.1 Å². The van der Waals surface area contributed by atoms with Gasteiger partial charge in [-0.3, -0.25) is 9.59 Å². The molecule has 0 fully saturated rings. The fraction of sp³-hybridized carbons (Fsp3) is 0.217. The van der Waals surface area contributed by atoms with Gasteiger partial charge in [-0.2, -0.15) is 0 Å². The van der Waals surface area contributed by atoms with Gasteiger partial charge in [-0.1, -0.05) is 48.5 Å². The van der Waals surface area contributed by atoms with Gasteiger partial charge in [0, 0.05) is 13.0 Å². The standard InChI is InChI=1S/C23H23NO5/c1-28-20-10-9-16(14-24-22(25)11-12-23(26)27)13-21(20)29-15-18-7-4-6-17-5-2-3-8-19(17)18/h2-10,13H,11-12,14-15H2,1H3,(H,24,25)(H,26,27). The number of hydrogen-bond donors (Lipinski definition) is 2. The van der Waals surface area contributed by atoms with Gasteiger partial charge in [0.2, 0.25) is 5.91 Å². The molecule has 3 rings (SSSR count). The first-order chi connectivity index (χ1) is 14.1. The van der Waals surface area contributed by atoms with E-state index in [2.05, 4.69) is 23.5 Å². The number of ether oxygens (including phenoxy) is 2. The number of carboxylic acids is 1. The first kappa shape index (κ1) is 20.2. The molecule has 3 aromatic rings. The number of nitrogens with one attached hydrogen (secondary N) is 1. The van der Waals surface area contributed by atoms with Crippen molar-refractivity contribution in [3.05, 3.63) is 71.8 Å². The first-order valence-corrected chi connectivity index (χ1v) is 9.31. The van der Waals surface area contributed by atoms with Gasteiger partial charge in [-0.15, -0.1) is 0 Å². The highest BCUT2D eigenvalue weighted by molar-refractivity contribution is 5.85. The molecule has 0 aliphatic rings. The molecule has 0 aliphatic heterocycles. The van der Waals surface area contributed by atoms with Gasteiger partial charge in [0.25, 0.3) is 0 Å². The molecule has 1 amide bonds. The lowest BCUT2D eigenvalue weighted by Gasteiger charge is -2.14. The average molecular weight is 393 g/mol. The summed E-state index contributed by atoms with van der Waals surface area (Å²) in [4.78, 5) is 22.3. The summed E-state index contributed by atoms with van der Waals surface area (Å²) in [5, 5.41) is 13.7. The SMILES string of the molecule is COc1ccc(CNC(=O)CCC(=O)O)cc1OCc1cccc2ccccc12. The van der Waals surface area contributed by atoms with E-state index in [1.165, 1.54) is 0 Å². The predicted octanol–water partition coefficient (Wildman–Crippen LogP) is 3.91. The monoisotopic (exact) mass is 393 g/mol. The molecule has 0 spiro atoms. The molecule has 2 N–H and O–H groups in total. The summed E-state index contributed by atoms with van der Waals surface area (Å²) in [6.07, 6.45) is -0.232. The number of methoxy groups -OCH3 is 1. The van der Waals surface area contributed by atoms with E-state index in [0.29, 0.717) is 18.1 Å². The molecule has 0 atom stereocenters. The number of carbonyl (C=O) groups excluding carboxylic acids is 1. The molecule has 29 heavy (non-hydrogen) atoms. The second kappa shape index (κ2) is 9.59. The molecule has 0 aliphatic carbocycles. The Morgan fingerprint density at radius 2 is 1.76 bits per heavy atom. The maximum Gasteiger partial charge on any atom is 0.303 e. The van der Waals surface area contributed by atoms with Crippen LogP contribution in [0.2, 0.25) is 0 Å². The molecule has 150 valence electrons. The molecule has 0 saturated carbocycles. The zero-order chi connectivity index (χ0) is 20.6. The van der Waals surface area contributed by atoms with Crippen LogP contribution in [0.15, 0.2) is 60.7 Å². The van der Waals surface area contributed by atoms with Crippen LogP contribution in [0.3, 0.4) is 0 Å². The van der Waals surface area contributed by atoms with Crippen LogP contribution in [0, 0.1) is 0 Å². The lowest BCUT2D eigenvalue weighted by Crippen LogP contribution is -2.23. The second-order valence-electron chi connectivity index (χ2n) is 6.58. The van der Waals surface area contributed by atoms with E-state index in [4.69, 9.17) is 14.6 Å². The number of amides is 1. The summed E-state index contributed by atoms with van der Waals surface area (Å²) in [6, 6.07) is 19.7. The maximum absolute atomic E-state index is 11.7. The predicted molar refractivity (Wildman–Crippen MR) is 110 cm³/mol. The van der Waals surface area contributed by atoms with Crippen molar-refractivity contribution in [1.29, 1.82) is 0 Å². The highest BCUT2D eigenvalue weighted by atomic mass is 16.5. The summed E-state index contributed by atoms with van der Waals surface area (Å²) >= 11 is 0. The summed E-state index contributed by atoms with van der Waals surface area (Å²) < 4.78 is 11.4. The first-order valence-electron chi connectivity index (χ1n) is 9.31. The number of benzene rings is 3. The minimum atomic E-state index is -0.992. The van der Waals surface area contributed by atoms with Crippen LogP contribution in [-0.2, 0) is 22.7 Å². The van der Waals surface area contributed by atoms with Crippen molar-refractivity contribution in [2.24, 2.45) is 0 Å². The average Bonchev–Trinajstić information content (AvgIpc) is 2.74. The van der Waals surface area contributed by atoms with Crippen molar-refractivity contribution >= 4 is 22.6 Å². The van der Waals surface area contributed by atoms with Crippen molar-refractivity contribution in [2.45, 2.75) is 26.0 Å². The third kappa shape index (κ3) is 5.48. The van der Waals surface area contributed by atoms with E-state index in [9.17, 15) is 9.59 Å². The van der Waals surface area contributed by atoms with Crippen LogP contribution in [0.4, 0.5) is 0 Å². The van der Waals surface area contributed by atoms with Crippen LogP contribution in [0.5, 0.6) is 11.5 Å². The molecule has 3 aromatic carbocycles. The quantitative estimate of drug-likeness (QED) is 0.576. The van der Waals surface area contributed by atoms with Gasteiger partial charge in [-0.05, 0) is 34.0 Å². The highest BCUT2D eigenvalue weighted by Crippen LogP contribution is 2.30. The third-order valence-electron chi connectivity index (χ3n) is 4.55. The molecule has 0 heterocycles. The van der Waals surface area contributed by atoms with Crippen molar-refractivity contribution < 1.29 is 24.2 Å². The van der Waals surface area contributed by atoms with E-state index < -0.39 is 5.97 Å². The Bertz CT molecular complexity index is 1010. The Morgan fingerprint density at radius 1 is 0.966 bits per heavy atom. The molecular formula is C23H23NO5. The second-order valence-corrected chi connectivity index (χ2v) is 6.58. The van der Waals surface area contributed by atoms with Gasteiger partial charge >= 0.3 is 5.97 Å². The number of fused-ring (bicyclic) bond motifs is 1. The number of carboxylic acid groups (broad SMARTS) is 1. The topological polar surface area (TPSA) is 84.9 Å². The van der Waals surface area contributed by atoms with E-state index >= 15 is 0 Å². The zero-order valence-electron chi connectivity index (χ0n) is 16.2. The summed E-state index contributed by atoms with van der Waals surface area (Å²) in [7, 11) is 1.58. The van der Waals surface area contributed by atoms with Crippen LogP contribution in [0.25, 0.3) is 10.8 Å². The van der Waals surface area contributed by atoms with Crippen molar-refractivity contribution in [2.75, 3.05) is 7.11 Å². The van der Waals surface area contributed by atoms with Gasteiger partial charge in [0.15, 0.2) is 11.5 Å². The van der Waals surface area contributed by atoms with E-state index in [0.717, 1.165) is 21.9 Å². The highest BCUT2D eigenvalue weighted by Gasteiger charge is 2.10. The zero-order valence-corrected chi connectivity index (χ0v) is 16.2. The van der Waals surface area contributed by atoms with Gasteiger partial charge in [-0.25, -0.2) is 0 Å². The fourth-order valence-electron chi connectivity index (χ4n) is 3.03. The normalized spacial score (nSPS) is 10.5. The molecular weight excluding hydrogens is 370 g/mol. The lowest BCUT2D eigenvalue weighted by atomic mass is 10.1. The molecule has 0 aromatic heterocycles. The minimum absolute atomic E-state index is 0.0457. The van der Waals surface area contributed by atoms with E-state index in [1.807, 2.05) is 36.4 Å². The number of hydrogen-bond acceptors (Lipinski definition) is 4. The Labute approximate surface area is 169 Å². The van der Waals surface area contributed by atoms with Gasteiger partial charge < -0.3 is 19.9 Å². The fourth-order valence-corrected chi connectivity index (χ4v) is 3.03. The Balaban J connectivity index is 1.69. The molecule has 0 unspecified atom stereocenters. The Hall–Kier alpha value is -3.54. The van der Waals surface area contributed by atoms with Crippen molar-refractivity contribution in [3.63, 3.8) is 0 Å². The number of aliphatic carboxylic acids is 1. The summed E-state index contributed by atoms with van der Waals surface area (Å²) in [5.41, 5.74) is 1.90. The molecule has 0 bridgehead atoms. The van der Waals surface area contributed by atoms with Crippen molar-refractivity contribution in [1.82, 2.24) is 5.32 Å². The minimum Gasteiger partial charge on any atom is -0.493 e. The van der Waals surface area contributed by atoms with Crippen molar-refractivity contribution in [3.8, 4) is 11.5 Å². The van der Waals surface area contributed by atoms with E-state index in [1.54, 1.807) is 13.2 Å². The Kier molecular flexibility index (Phi) is 6.68. The summed E-state index contributed by atoms with van der Waals surface area (Å²) in [5.74, 6) is -0.112. The largest absolute Gasteiger partial charge is 0.493 e. The molecule has 0 radical (unpaired) electrons. The van der Waals surface area contributed by atoms with Gasteiger partial charge in [0.1, 0.15) is 6.61 Å². The van der Waals surface area contributed by atoms with Crippen LogP contribution >= 0.6 is 0 Å². The van der Waals surface area contributed by atoms with Gasteiger partial charge in [0.05, 0.1) is 13.5 Å². The lowest BCUT2D eigenvalue weighted by molar-refractivity contribution is -0.138.